The third kappa shape index (κ3) is 4.51. The lowest BCUT2D eigenvalue weighted by Gasteiger charge is -2.31. The average Bonchev–Trinajstić information content (AvgIpc) is 3.27. The molecule has 2 heterocycles. The van der Waals surface area contributed by atoms with E-state index in [0.717, 1.165) is 10.9 Å². The second-order valence-corrected chi connectivity index (χ2v) is 9.13. The van der Waals surface area contributed by atoms with E-state index in [1.54, 1.807) is 24.7 Å². The van der Waals surface area contributed by atoms with Crippen molar-refractivity contribution in [3.8, 4) is 5.95 Å². The summed E-state index contributed by atoms with van der Waals surface area (Å²) in [6.07, 6.45) is 11.4. The van der Waals surface area contributed by atoms with Crippen LogP contribution in [-0.4, -0.2) is 27.0 Å². The molecule has 1 N–H and O–H groups in total. The van der Waals surface area contributed by atoms with Crippen molar-refractivity contribution in [1.82, 2.24) is 19.9 Å². The number of aromatic nitrogens is 3. The standard InChI is InChI=1S/C27H27ClN4O/c28-23-13-7-14-24-25(23)22(18-32(24)27-29-15-8-16-30-27)26(33)31-17-21(19-9-3-1-4-10-19)20-11-5-2-6-12-20/h1,3-4,7-10,13-16,18,20-21H,2,5-6,11-12,17H2,(H,31,33). The lowest BCUT2D eigenvalue weighted by Crippen LogP contribution is -2.32. The largest absolute Gasteiger partial charge is 0.351 e. The Hall–Kier alpha value is -3.18. The number of carbonyl (C=O) groups is 1. The summed E-state index contributed by atoms with van der Waals surface area (Å²) in [5.74, 6) is 1.27. The van der Waals surface area contributed by atoms with Crippen LogP contribution in [0.5, 0.6) is 0 Å². The van der Waals surface area contributed by atoms with Crippen molar-refractivity contribution in [3.05, 3.63) is 89.3 Å². The molecule has 1 atom stereocenters. The number of halogens is 1. The van der Waals surface area contributed by atoms with Crippen LogP contribution < -0.4 is 5.32 Å². The van der Waals surface area contributed by atoms with E-state index in [0.29, 0.717) is 34.9 Å². The van der Waals surface area contributed by atoms with Gasteiger partial charge in [0, 0.05) is 36.4 Å². The molecule has 1 aliphatic rings. The van der Waals surface area contributed by atoms with Gasteiger partial charge in [-0.1, -0.05) is 67.3 Å². The zero-order valence-electron chi connectivity index (χ0n) is 18.5. The maximum Gasteiger partial charge on any atom is 0.253 e. The van der Waals surface area contributed by atoms with Crippen molar-refractivity contribution < 1.29 is 4.79 Å². The fourth-order valence-corrected chi connectivity index (χ4v) is 5.36. The number of rotatable bonds is 6. The number of nitrogens with zero attached hydrogens (tertiary/aromatic N) is 3. The first kappa shape index (κ1) is 21.7. The third-order valence-corrected chi connectivity index (χ3v) is 7.04. The van der Waals surface area contributed by atoms with Crippen LogP contribution in [0.15, 0.2) is 73.2 Å². The molecule has 2 aromatic heterocycles. The number of hydrogen-bond donors (Lipinski definition) is 1. The molecule has 0 saturated heterocycles. The molecule has 33 heavy (non-hydrogen) atoms. The molecule has 5 nitrogen and oxygen atoms in total. The molecule has 2 aromatic carbocycles. The number of fused-ring (bicyclic) bond motifs is 1. The molecule has 5 rings (SSSR count). The first-order valence-electron chi connectivity index (χ1n) is 11.6. The maximum atomic E-state index is 13.5. The first-order valence-corrected chi connectivity index (χ1v) is 12.0. The Morgan fingerprint density at radius 2 is 1.76 bits per heavy atom. The van der Waals surface area contributed by atoms with Crippen molar-refractivity contribution in [2.75, 3.05) is 6.54 Å². The molecule has 1 saturated carbocycles. The van der Waals surface area contributed by atoms with Gasteiger partial charge < -0.3 is 5.32 Å². The molecule has 0 bridgehead atoms. The fourth-order valence-electron chi connectivity index (χ4n) is 5.09. The molecule has 0 aliphatic heterocycles. The minimum absolute atomic E-state index is 0.125. The SMILES string of the molecule is O=C(NCC(c1ccccc1)C1CCCCC1)c1cn(-c2ncccn2)c2cccc(Cl)c12. The molecular formula is C27H27ClN4O. The highest BCUT2D eigenvalue weighted by atomic mass is 35.5. The fraction of sp³-hybridized carbons (Fsp3) is 0.296. The van der Waals surface area contributed by atoms with Crippen molar-refractivity contribution in [2.45, 2.75) is 38.0 Å². The molecule has 6 heteroatoms. The van der Waals surface area contributed by atoms with Gasteiger partial charge in [0.1, 0.15) is 0 Å². The summed E-state index contributed by atoms with van der Waals surface area (Å²) in [4.78, 5) is 22.2. The Kier molecular flexibility index (Phi) is 6.40. The molecule has 1 fully saturated rings. The van der Waals surface area contributed by atoms with Gasteiger partial charge in [0.05, 0.1) is 16.1 Å². The number of benzene rings is 2. The number of carbonyl (C=O) groups excluding carboxylic acids is 1. The smallest absolute Gasteiger partial charge is 0.253 e. The van der Waals surface area contributed by atoms with Crippen LogP contribution in [0.1, 0.15) is 53.9 Å². The summed E-state index contributed by atoms with van der Waals surface area (Å²) >= 11 is 6.55. The third-order valence-electron chi connectivity index (χ3n) is 6.72. The Balaban J connectivity index is 1.45. The van der Waals surface area contributed by atoms with E-state index in [4.69, 9.17) is 11.6 Å². The van der Waals surface area contributed by atoms with Crippen molar-refractivity contribution in [3.63, 3.8) is 0 Å². The highest BCUT2D eigenvalue weighted by Crippen LogP contribution is 2.36. The van der Waals surface area contributed by atoms with Crippen molar-refractivity contribution >= 4 is 28.4 Å². The average molecular weight is 459 g/mol. The van der Waals surface area contributed by atoms with E-state index >= 15 is 0 Å². The van der Waals surface area contributed by atoms with Gasteiger partial charge in [-0.3, -0.25) is 9.36 Å². The van der Waals surface area contributed by atoms with Crippen LogP contribution in [0.4, 0.5) is 0 Å². The molecule has 4 aromatic rings. The molecule has 0 radical (unpaired) electrons. The van der Waals surface area contributed by atoms with Gasteiger partial charge in [-0.2, -0.15) is 0 Å². The predicted octanol–water partition coefficient (Wildman–Crippen LogP) is 6.17. The number of hydrogen-bond acceptors (Lipinski definition) is 3. The quantitative estimate of drug-likeness (QED) is 0.376. The Labute approximate surface area is 198 Å². The lowest BCUT2D eigenvalue weighted by molar-refractivity contribution is 0.0948. The summed E-state index contributed by atoms with van der Waals surface area (Å²) in [7, 11) is 0. The second-order valence-electron chi connectivity index (χ2n) is 8.72. The Morgan fingerprint density at radius 3 is 2.52 bits per heavy atom. The summed E-state index contributed by atoms with van der Waals surface area (Å²) in [6, 6.07) is 18.0. The van der Waals surface area contributed by atoms with Crippen LogP contribution in [-0.2, 0) is 0 Å². The minimum Gasteiger partial charge on any atom is -0.351 e. The summed E-state index contributed by atoms with van der Waals surface area (Å²) in [5.41, 5.74) is 2.65. The van der Waals surface area contributed by atoms with Crippen LogP contribution in [0, 0.1) is 5.92 Å². The number of nitrogens with one attached hydrogen (secondary N) is 1. The summed E-state index contributed by atoms with van der Waals surface area (Å²) < 4.78 is 1.83. The molecule has 1 amide bonds. The summed E-state index contributed by atoms with van der Waals surface area (Å²) in [6.45, 7) is 0.604. The molecule has 168 valence electrons. The van der Waals surface area contributed by atoms with E-state index in [-0.39, 0.29) is 5.91 Å². The molecule has 0 spiro atoms. The monoisotopic (exact) mass is 458 g/mol. The van der Waals surface area contributed by atoms with Crippen molar-refractivity contribution in [2.24, 2.45) is 5.92 Å². The molecule has 1 unspecified atom stereocenters. The number of amides is 1. The lowest BCUT2D eigenvalue weighted by atomic mass is 9.76. The zero-order valence-corrected chi connectivity index (χ0v) is 19.2. The van der Waals surface area contributed by atoms with E-state index in [2.05, 4.69) is 39.6 Å². The van der Waals surface area contributed by atoms with Crippen LogP contribution >= 0.6 is 11.6 Å². The van der Waals surface area contributed by atoms with Crippen LogP contribution in [0.3, 0.4) is 0 Å². The Bertz CT molecular complexity index is 1230. The minimum atomic E-state index is -0.125. The van der Waals surface area contributed by atoms with E-state index in [1.807, 2.05) is 28.8 Å². The van der Waals surface area contributed by atoms with Crippen molar-refractivity contribution in [1.29, 1.82) is 0 Å². The van der Waals surface area contributed by atoms with E-state index in [1.165, 1.54) is 37.7 Å². The van der Waals surface area contributed by atoms with Gasteiger partial charge in [-0.05, 0) is 42.5 Å². The molecular weight excluding hydrogens is 432 g/mol. The van der Waals surface area contributed by atoms with Gasteiger partial charge in [0.25, 0.3) is 5.91 Å². The Morgan fingerprint density at radius 1 is 1.00 bits per heavy atom. The zero-order chi connectivity index (χ0) is 22.6. The van der Waals surface area contributed by atoms with Crippen LogP contribution in [0.2, 0.25) is 5.02 Å². The van der Waals surface area contributed by atoms with Gasteiger partial charge in [-0.25, -0.2) is 9.97 Å². The highest BCUT2D eigenvalue weighted by Gasteiger charge is 2.26. The normalized spacial score (nSPS) is 15.4. The maximum absolute atomic E-state index is 13.5. The van der Waals surface area contributed by atoms with Gasteiger partial charge in [0.2, 0.25) is 5.95 Å². The van der Waals surface area contributed by atoms with Crippen LogP contribution in [0.25, 0.3) is 16.9 Å². The van der Waals surface area contributed by atoms with E-state index < -0.39 is 0 Å². The predicted molar refractivity (Wildman–Crippen MR) is 132 cm³/mol. The van der Waals surface area contributed by atoms with Gasteiger partial charge >= 0.3 is 0 Å². The second kappa shape index (κ2) is 9.75. The van der Waals surface area contributed by atoms with E-state index in [9.17, 15) is 4.79 Å². The highest BCUT2D eigenvalue weighted by molar-refractivity contribution is 6.37. The first-order chi connectivity index (χ1) is 16.2. The molecule has 1 aliphatic carbocycles. The topological polar surface area (TPSA) is 59.8 Å². The van der Waals surface area contributed by atoms with Gasteiger partial charge in [0.15, 0.2) is 0 Å². The van der Waals surface area contributed by atoms with Gasteiger partial charge in [-0.15, -0.1) is 0 Å². The summed E-state index contributed by atoms with van der Waals surface area (Å²) in [5, 5.41) is 4.49.